The molecule has 0 aliphatic rings. The summed E-state index contributed by atoms with van der Waals surface area (Å²) in [6, 6.07) is 7.78. The zero-order chi connectivity index (χ0) is 11.5. The van der Waals surface area contributed by atoms with E-state index in [0.29, 0.717) is 11.8 Å². The molecule has 2 heterocycles. The summed E-state index contributed by atoms with van der Waals surface area (Å²) in [4.78, 5) is 4.40. The number of hydrogen-bond acceptors (Lipinski definition) is 2. The molecule has 0 aromatic carbocycles. The molecule has 0 aliphatic carbocycles. The first-order chi connectivity index (χ1) is 7.70. The van der Waals surface area contributed by atoms with Crippen molar-refractivity contribution in [2.45, 2.75) is 25.6 Å². The van der Waals surface area contributed by atoms with Gasteiger partial charge in [0.2, 0.25) is 0 Å². The van der Waals surface area contributed by atoms with Crippen LogP contribution in [0.3, 0.4) is 0 Å². The van der Waals surface area contributed by atoms with Crippen LogP contribution in [0.4, 0.5) is 0 Å². The van der Waals surface area contributed by atoms with Gasteiger partial charge in [-0.15, -0.1) is 11.6 Å². The van der Waals surface area contributed by atoms with Gasteiger partial charge in [0.15, 0.2) is 5.82 Å². The lowest BCUT2D eigenvalue weighted by atomic mass is 10.1. The third-order valence-electron chi connectivity index (χ3n) is 2.36. The van der Waals surface area contributed by atoms with Crippen LogP contribution in [0.2, 0.25) is 0 Å². The van der Waals surface area contributed by atoms with Gasteiger partial charge in [0.25, 0.3) is 0 Å². The maximum atomic E-state index is 5.75. The number of hydrogen-bond donors (Lipinski definition) is 0. The maximum absolute atomic E-state index is 5.75. The van der Waals surface area contributed by atoms with Crippen LogP contribution in [0.25, 0.3) is 5.82 Å². The molecular formula is C12H14ClN3. The Hall–Kier alpha value is -1.35. The molecule has 3 nitrogen and oxygen atoms in total. The van der Waals surface area contributed by atoms with E-state index in [1.807, 2.05) is 30.5 Å². The van der Waals surface area contributed by atoms with Gasteiger partial charge in [0.1, 0.15) is 0 Å². The fourth-order valence-corrected chi connectivity index (χ4v) is 1.59. The van der Waals surface area contributed by atoms with Crippen LogP contribution >= 0.6 is 11.6 Å². The van der Waals surface area contributed by atoms with Gasteiger partial charge in [0, 0.05) is 6.20 Å². The molecule has 0 saturated heterocycles. The van der Waals surface area contributed by atoms with Crippen molar-refractivity contribution < 1.29 is 0 Å². The molecule has 0 aliphatic heterocycles. The Morgan fingerprint density at radius 3 is 2.75 bits per heavy atom. The minimum absolute atomic E-state index is 0.423. The van der Waals surface area contributed by atoms with E-state index in [-0.39, 0.29) is 0 Å². The van der Waals surface area contributed by atoms with Crippen molar-refractivity contribution in [1.82, 2.24) is 14.8 Å². The minimum Gasteiger partial charge on any atom is -0.232 e. The first kappa shape index (κ1) is 11.1. The molecule has 0 unspecified atom stereocenters. The fraction of sp³-hybridized carbons (Fsp3) is 0.333. The fourth-order valence-electron chi connectivity index (χ4n) is 1.44. The molecular weight excluding hydrogens is 222 g/mol. The monoisotopic (exact) mass is 235 g/mol. The van der Waals surface area contributed by atoms with E-state index < -0.39 is 0 Å². The minimum atomic E-state index is 0.423. The predicted molar refractivity (Wildman–Crippen MR) is 65.0 cm³/mol. The molecule has 2 aromatic rings. The first-order valence-corrected chi connectivity index (χ1v) is 5.82. The van der Waals surface area contributed by atoms with Crippen LogP contribution in [0.15, 0.2) is 30.5 Å². The van der Waals surface area contributed by atoms with Crippen LogP contribution in [0.1, 0.15) is 31.2 Å². The third-order valence-corrected chi connectivity index (χ3v) is 2.64. The average Bonchev–Trinajstić information content (AvgIpc) is 2.78. The zero-order valence-electron chi connectivity index (χ0n) is 9.39. The zero-order valence-corrected chi connectivity index (χ0v) is 10.1. The lowest BCUT2D eigenvalue weighted by Gasteiger charge is -2.02. The van der Waals surface area contributed by atoms with Gasteiger partial charge in [-0.05, 0) is 24.1 Å². The first-order valence-electron chi connectivity index (χ1n) is 5.28. The SMILES string of the molecule is CC(C)c1ccn(-c2cccc(CCl)n2)n1. The summed E-state index contributed by atoms with van der Waals surface area (Å²) in [5, 5.41) is 4.47. The quantitative estimate of drug-likeness (QED) is 0.766. The van der Waals surface area contributed by atoms with Crippen molar-refractivity contribution in [3.63, 3.8) is 0 Å². The molecule has 0 bridgehead atoms. The summed E-state index contributed by atoms with van der Waals surface area (Å²) in [6.45, 7) is 4.24. The lowest BCUT2D eigenvalue weighted by Crippen LogP contribution is -2.01. The van der Waals surface area contributed by atoms with E-state index in [0.717, 1.165) is 17.2 Å². The van der Waals surface area contributed by atoms with Gasteiger partial charge in [0.05, 0.1) is 17.3 Å². The topological polar surface area (TPSA) is 30.7 Å². The molecule has 0 spiro atoms. The lowest BCUT2D eigenvalue weighted by molar-refractivity contribution is 0.756. The normalized spacial score (nSPS) is 11.0. The molecule has 16 heavy (non-hydrogen) atoms. The Bertz CT molecular complexity index is 477. The number of nitrogens with zero attached hydrogens (tertiary/aromatic N) is 3. The average molecular weight is 236 g/mol. The maximum Gasteiger partial charge on any atom is 0.153 e. The molecule has 0 radical (unpaired) electrons. The number of halogens is 1. The van der Waals surface area contributed by atoms with Crippen LogP contribution < -0.4 is 0 Å². The van der Waals surface area contributed by atoms with E-state index in [1.54, 1.807) is 4.68 Å². The van der Waals surface area contributed by atoms with Crippen LogP contribution in [0.5, 0.6) is 0 Å². The summed E-state index contributed by atoms with van der Waals surface area (Å²) in [5.41, 5.74) is 1.93. The number of rotatable bonds is 3. The van der Waals surface area contributed by atoms with Gasteiger partial charge < -0.3 is 0 Å². The molecule has 0 fully saturated rings. The van der Waals surface area contributed by atoms with E-state index in [9.17, 15) is 0 Å². The standard InChI is InChI=1S/C12H14ClN3/c1-9(2)11-6-7-16(15-11)12-5-3-4-10(8-13)14-12/h3-7,9H,8H2,1-2H3. The molecule has 0 amide bonds. The molecule has 84 valence electrons. The van der Waals surface area contributed by atoms with Gasteiger partial charge >= 0.3 is 0 Å². The smallest absolute Gasteiger partial charge is 0.153 e. The van der Waals surface area contributed by atoms with Crippen molar-refractivity contribution in [2.75, 3.05) is 0 Å². The molecule has 2 aromatic heterocycles. The number of aromatic nitrogens is 3. The summed E-state index contributed by atoms with van der Waals surface area (Å²) in [5.74, 6) is 1.66. The molecule has 0 saturated carbocycles. The van der Waals surface area contributed by atoms with E-state index in [4.69, 9.17) is 11.6 Å². The Morgan fingerprint density at radius 1 is 1.31 bits per heavy atom. The van der Waals surface area contributed by atoms with E-state index in [1.165, 1.54) is 0 Å². The van der Waals surface area contributed by atoms with Crippen molar-refractivity contribution >= 4 is 11.6 Å². The third kappa shape index (κ3) is 2.25. The molecule has 2 rings (SSSR count). The second-order valence-corrected chi connectivity index (χ2v) is 4.23. The summed E-state index contributed by atoms with van der Waals surface area (Å²) in [6.07, 6.45) is 1.93. The van der Waals surface area contributed by atoms with Crippen molar-refractivity contribution in [3.05, 3.63) is 41.9 Å². The Balaban J connectivity index is 2.34. The summed E-state index contributed by atoms with van der Waals surface area (Å²) in [7, 11) is 0. The number of pyridine rings is 1. The van der Waals surface area contributed by atoms with Crippen LogP contribution in [0, 0.1) is 0 Å². The summed E-state index contributed by atoms with van der Waals surface area (Å²) < 4.78 is 1.78. The highest BCUT2D eigenvalue weighted by atomic mass is 35.5. The Kier molecular flexibility index (Phi) is 3.25. The molecule has 0 N–H and O–H groups in total. The predicted octanol–water partition coefficient (Wildman–Crippen LogP) is 3.13. The summed E-state index contributed by atoms with van der Waals surface area (Å²) >= 11 is 5.75. The van der Waals surface area contributed by atoms with Crippen LogP contribution in [-0.4, -0.2) is 14.8 Å². The van der Waals surface area contributed by atoms with Crippen molar-refractivity contribution in [3.8, 4) is 5.82 Å². The molecule has 4 heteroatoms. The van der Waals surface area contributed by atoms with Gasteiger partial charge in [-0.2, -0.15) is 5.10 Å². The van der Waals surface area contributed by atoms with Crippen LogP contribution in [-0.2, 0) is 5.88 Å². The highest BCUT2D eigenvalue weighted by Gasteiger charge is 2.05. The highest BCUT2D eigenvalue weighted by Crippen LogP contribution is 2.13. The molecule has 0 atom stereocenters. The highest BCUT2D eigenvalue weighted by molar-refractivity contribution is 6.16. The Morgan fingerprint density at radius 2 is 2.12 bits per heavy atom. The van der Waals surface area contributed by atoms with Crippen molar-refractivity contribution in [1.29, 1.82) is 0 Å². The van der Waals surface area contributed by atoms with Gasteiger partial charge in [-0.25, -0.2) is 9.67 Å². The van der Waals surface area contributed by atoms with Gasteiger partial charge in [-0.1, -0.05) is 19.9 Å². The largest absolute Gasteiger partial charge is 0.232 e. The Labute approximate surface area is 100 Å². The van der Waals surface area contributed by atoms with Crippen molar-refractivity contribution in [2.24, 2.45) is 0 Å². The van der Waals surface area contributed by atoms with Gasteiger partial charge in [-0.3, -0.25) is 0 Å². The second kappa shape index (κ2) is 4.66. The number of alkyl halides is 1. The second-order valence-electron chi connectivity index (χ2n) is 3.96. The van der Waals surface area contributed by atoms with E-state index in [2.05, 4.69) is 23.9 Å². The van der Waals surface area contributed by atoms with E-state index >= 15 is 0 Å².